The van der Waals surface area contributed by atoms with Crippen LogP contribution in [0.4, 0.5) is 0 Å². The second-order valence-corrected chi connectivity index (χ2v) is 3.14. The maximum absolute atomic E-state index is 11.1. The van der Waals surface area contributed by atoms with Gasteiger partial charge in [-0.25, -0.2) is 4.79 Å². The highest BCUT2D eigenvalue weighted by molar-refractivity contribution is 5.74. The molecule has 5 nitrogen and oxygen atoms in total. The molecule has 0 N–H and O–H groups in total. The Morgan fingerprint density at radius 3 is 2.71 bits per heavy atom. The van der Waals surface area contributed by atoms with Gasteiger partial charge in [-0.1, -0.05) is 0 Å². The Kier molecular flexibility index (Phi) is 3.88. The van der Waals surface area contributed by atoms with Gasteiger partial charge in [-0.2, -0.15) is 0 Å². The van der Waals surface area contributed by atoms with E-state index >= 15 is 0 Å². The third-order valence-electron chi connectivity index (χ3n) is 2.03. The molecule has 1 heterocycles. The molecular formula is C9H14O5. The Labute approximate surface area is 82.3 Å². The molecule has 5 heteroatoms. The number of carbonyl (C=O) groups excluding carboxylic acids is 2. The molecule has 0 saturated carbocycles. The maximum atomic E-state index is 11.1. The standard InChI is InChI=1S/C9H14O5/c1-6(10)14-7-3-4-13-8(5-7)9(11)12-2/h7-8H,3-5H2,1-2H3/t7-,8+/m1/s1. The van der Waals surface area contributed by atoms with Gasteiger partial charge in [-0.3, -0.25) is 4.79 Å². The first kappa shape index (κ1) is 11.0. The van der Waals surface area contributed by atoms with Crippen molar-refractivity contribution in [3.8, 4) is 0 Å². The summed E-state index contributed by atoms with van der Waals surface area (Å²) >= 11 is 0. The summed E-state index contributed by atoms with van der Waals surface area (Å²) in [6.07, 6.45) is 0.183. The van der Waals surface area contributed by atoms with Gasteiger partial charge in [0, 0.05) is 19.8 Å². The summed E-state index contributed by atoms with van der Waals surface area (Å²) in [4.78, 5) is 21.8. The Hall–Kier alpha value is -1.10. The summed E-state index contributed by atoms with van der Waals surface area (Å²) in [5, 5.41) is 0. The Morgan fingerprint density at radius 2 is 2.14 bits per heavy atom. The molecule has 0 aromatic heterocycles. The molecule has 0 unspecified atom stereocenters. The number of ether oxygens (including phenoxy) is 3. The molecule has 80 valence electrons. The molecule has 1 rings (SSSR count). The largest absolute Gasteiger partial charge is 0.467 e. The van der Waals surface area contributed by atoms with Crippen LogP contribution in [-0.4, -0.2) is 37.9 Å². The van der Waals surface area contributed by atoms with Crippen LogP contribution in [0.3, 0.4) is 0 Å². The van der Waals surface area contributed by atoms with Gasteiger partial charge in [0.1, 0.15) is 6.10 Å². The molecule has 1 aliphatic rings. The monoisotopic (exact) mass is 202 g/mol. The van der Waals surface area contributed by atoms with Crippen molar-refractivity contribution in [2.24, 2.45) is 0 Å². The van der Waals surface area contributed by atoms with Gasteiger partial charge in [0.2, 0.25) is 0 Å². The van der Waals surface area contributed by atoms with E-state index in [2.05, 4.69) is 4.74 Å². The van der Waals surface area contributed by atoms with Crippen molar-refractivity contribution in [3.63, 3.8) is 0 Å². The minimum Gasteiger partial charge on any atom is -0.467 e. The quantitative estimate of drug-likeness (QED) is 0.601. The molecule has 0 aromatic rings. The van der Waals surface area contributed by atoms with Crippen LogP contribution in [0.2, 0.25) is 0 Å². The number of hydrogen-bond donors (Lipinski definition) is 0. The van der Waals surface area contributed by atoms with E-state index < -0.39 is 12.1 Å². The number of rotatable bonds is 2. The van der Waals surface area contributed by atoms with Crippen LogP contribution in [0.1, 0.15) is 19.8 Å². The van der Waals surface area contributed by atoms with E-state index in [1.54, 1.807) is 0 Å². The molecule has 0 spiro atoms. The Balaban J connectivity index is 2.43. The van der Waals surface area contributed by atoms with Crippen molar-refractivity contribution < 1.29 is 23.8 Å². The highest BCUT2D eigenvalue weighted by atomic mass is 16.6. The molecule has 1 saturated heterocycles. The van der Waals surface area contributed by atoms with E-state index in [-0.39, 0.29) is 12.1 Å². The van der Waals surface area contributed by atoms with E-state index in [1.165, 1.54) is 14.0 Å². The van der Waals surface area contributed by atoms with Crippen LogP contribution in [-0.2, 0) is 23.8 Å². The second-order valence-electron chi connectivity index (χ2n) is 3.14. The van der Waals surface area contributed by atoms with Crippen molar-refractivity contribution in [1.29, 1.82) is 0 Å². The lowest BCUT2D eigenvalue weighted by molar-refractivity contribution is -0.168. The van der Waals surface area contributed by atoms with Crippen LogP contribution in [0, 0.1) is 0 Å². The third-order valence-corrected chi connectivity index (χ3v) is 2.03. The predicted molar refractivity (Wildman–Crippen MR) is 46.5 cm³/mol. The van der Waals surface area contributed by atoms with Gasteiger partial charge in [-0.05, 0) is 0 Å². The fourth-order valence-electron chi connectivity index (χ4n) is 1.40. The fourth-order valence-corrected chi connectivity index (χ4v) is 1.40. The minimum atomic E-state index is -0.599. The van der Waals surface area contributed by atoms with Crippen LogP contribution in [0.15, 0.2) is 0 Å². The van der Waals surface area contributed by atoms with Gasteiger partial charge in [0.15, 0.2) is 6.10 Å². The van der Waals surface area contributed by atoms with Crippen LogP contribution in [0.25, 0.3) is 0 Å². The first-order valence-corrected chi connectivity index (χ1v) is 4.50. The summed E-state index contributed by atoms with van der Waals surface area (Å²) < 4.78 is 14.7. The zero-order valence-electron chi connectivity index (χ0n) is 8.32. The Bertz CT molecular complexity index is 225. The molecule has 1 fully saturated rings. The van der Waals surface area contributed by atoms with Crippen molar-refractivity contribution in [2.75, 3.05) is 13.7 Å². The minimum absolute atomic E-state index is 0.231. The summed E-state index contributed by atoms with van der Waals surface area (Å²) in [6.45, 7) is 1.76. The highest BCUT2D eigenvalue weighted by Gasteiger charge is 2.30. The topological polar surface area (TPSA) is 61.8 Å². The SMILES string of the molecule is COC(=O)[C@@H]1C[C@H](OC(C)=O)CCO1. The smallest absolute Gasteiger partial charge is 0.335 e. The van der Waals surface area contributed by atoms with Crippen molar-refractivity contribution >= 4 is 11.9 Å². The summed E-state index contributed by atoms with van der Waals surface area (Å²) in [5.41, 5.74) is 0. The first-order valence-electron chi connectivity index (χ1n) is 4.50. The van der Waals surface area contributed by atoms with Crippen molar-refractivity contribution in [1.82, 2.24) is 0 Å². The van der Waals surface area contributed by atoms with Gasteiger partial charge in [0.25, 0.3) is 0 Å². The van der Waals surface area contributed by atoms with Gasteiger partial charge >= 0.3 is 11.9 Å². The van der Waals surface area contributed by atoms with Gasteiger partial charge < -0.3 is 14.2 Å². The molecule has 2 atom stereocenters. The molecular weight excluding hydrogens is 188 g/mol. The van der Waals surface area contributed by atoms with Crippen LogP contribution < -0.4 is 0 Å². The number of esters is 2. The second kappa shape index (κ2) is 4.95. The zero-order valence-corrected chi connectivity index (χ0v) is 8.32. The predicted octanol–water partition coefficient (Wildman–Crippen LogP) is 0.270. The molecule has 0 amide bonds. The lowest BCUT2D eigenvalue weighted by Crippen LogP contribution is -2.37. The van der Waals surface area contributed by atoms with Crippen LogP contribution >= 0.6 is 0 Å². The zero-order chi connectivity index (χ0) is 10.6. The first-order chi connectivity index (χ1) is 6.63. The maximum Gasteiger partial charge on any atom is 0.335 e. The van der Waals surface area contributed by atoms with E-state index in [9.17, 15) is 9.59 Å². The molecule has 0 aliphatic carbocycles. The van der Waals surface area contributed by atoms with Gasteiger partial charge in [-0.15, -0.1) is 0 Å². The van der Waals surface area contributed by atoms with E-state index in [0.29, 0.717) is 19.4 Å². The normalized spacial score (nSPS) is 26.7. The van der Waals surface area contributed by atoms with E-state index in [1.807, 2.05) is 0 Å². The number of carbonyl (C=O) groups is 2. The average molecular weight is 202 g/mol. The van der Waals surface area contributed by atoms with Crippen molar-refractivity contribution in [2.45, 2.75) is 32.0 Å². The Morgan fingerprint density at radius 1 is 1.43 bits per heavy atom. The average Bonchev–Trinajstić information content (AvgIpc) is 2.16. The lowest BCUT2D eigenvalue weighted by Gasteiger charge is -2.27. The molecule has 14 heavy (non-hydrogen) atoms. The number of hydrogen-bond acceptors (Lipinski definition) is 5. The van der Waals surface area contributed by atoms with Crippen LogP contribution in [0.5, 0.6) is 0 Å². The molecule has 0 aromatic carbocycles. The molecule has 0 radical (unpaired) electrons. The third kappa shape index (κ3) is 2.99. The lowest BCUT2D eigenvalue weighted by atomic mass is 10.1. The van der Waals surface area contributed by atoms with E-state index in [4.69, 9.17) is 9.47 Å². The fraction of sp³-hybridized carbons (Fsp3) is 0.778. The van der Waals surface area contributed by atoms with E-state index in [0.717, 1.165) is 0 Å². The summed E-state index contributed by atoms with van der Waals surface area (Å²) in [7, 11) is 1.31. The highest BCUT2D eigenvalue weighted by Crippen LogP contribution is 2.17. The molecule has 0 bridgehead atoms. The van der Waals surface area contributed by atoms with Crippen molar-refractivity contribution in [3.05, 3.63) is 0 Å². The van der Waals surface area contributed by atoms with Gasteiger partial charge in [0.05, 0.1) is 13.7 Å². The summed E-state index contributed by atoms with van der Waals surface area (Å²) in [6, 6.07) is 0. The summed E-state index contributed by atoms with van der Waals surface area (Å²) in [5.74, 6) is -0.748. The molecule has 1 aliphatic heterocycles. The number of methoxy groups -OCH3 is 1.